The van der Waals surface area contributed by atoms with Crippen molar-refractivity contribution in [2.24, 2.45) is 13.0 Å². The molecule has 2 heterocycles. The lowest BCUT2D eigenvalue weighted by Crippen LogP contribution is -2.29. The second-order valence-corrected chi connectivity index (χ2v) is 8.66. The Bertz CT molecular complexity index is 958. The molecule has 3 rings (SSSR count). The number of carbonyl (C=O) groups is 2. The van der Waals surface area contributed by atoms with Crippen LogP contribution in [0.3, 0.4) is 0 Å². The maximum atomic E-state index is 11.9. The Kier molecular flexibility index (Phi) is 8.79. The van der Waals surface area contributed by atoms with Gasteiger partial charge in [0.1, 0.15) is 11.4 Å². The van der Waals surface area contributed by atoms with Crippen LogP contribution in [-0.2, 0) is 27.8 Å². The lowest BCUT2D eigenvalue weighted by Gasteiger charge is -2.27. The average molecular weight is 459 g/mol. The van der Waals surface area contributed by atoms with Gasteiger partial charge >= 0.3 is 11.9 Å². The standard InChI is InChI=1S/C24H34N4O5/c1-4-5-14-32-22(29)11-7-10-20-23(26-27-28(20)3)19-12-13-21(16(2)25-19)33-18-9-6-8-17(15-18)24(30)31/h12-13,17-18H,4-11,14-15H2,1-3H3,(H,30,31)/t17-,18-/m0/s1. The highest BCUT2D eigenvalue weighted by Crippen LogP contribution is 2.30. The number of ether oxygens (including phenoxy) is 2. The number of pyridine rings is 1. The Hall–Kier alpha value is -2.97. The van der Waals surface area contributed by atoms with E-state index in [9.17, 15) is 14.7 Å². The number of nitrogens with zero attached hydrogens (tertiary/aromatic N) is 4. The normalized spacial score (nSPS) is 18.2. The van der Waals surface area contributed by atoms with Crippen molar-refractivity contribution in [3.8, 4) is 17.1 Å². The number of rotatable bonds is 11. The van der Waals surface area contributed by atoms with E-state index in [0.717, 1.165) is 37.1 Å². The molecule has 0 amide bonds. The molecule has 0 radical (unpaired) electrons. The molecule has 1 saturated carbocycles. The second kappa shape index (κ2) is 11.8. The molecule has 1 aliphatic carbocycles. The summed E-state index contributed by atoms with van der Waals surface area (Å²) in [5.41, 5.74) is 3.02. The van der Waals surface area contributed by atoms with Gasteiger partial charge in [-0.3, -0.25) is 14.3 Å². The highest BCUT2D eigenvalue weighted by atomic mass is 16.5. The summed E-state index contributed by atoms with van der Waals surface area (Å²) < 4.78 is 13.0. The van der Waals surface area contributed by atoms with Crippen LogP contribution in [0.5, 0.6) is 5.75 Å². The fraction of sp³-hybridized carbons (Fsp3) is 0.625. The molecular weight excluding hydrogens is 424 g/mol. The molecule has 180 valence electrons. The van der Waals surface area contributed by atoms with Gasteiger partial charge in [0.25, 0.3) is 0 Å². The number of carboxylic acids is 1. The van der Waals surface area contributed by atoms with E-state index in [1.165, 1.54) is 0 Å². The van der Waals surface area contributed by atoms with Crippen LogP contribution in [0.2, 0.25) is 0 Å². The Morgan fingerprint density at radius 3 is 2.79 bits per heavy atom. The summed E-state index contributed by atoms with van der Waals surface area (Å²) >= 11 is 0. The number of unbranched alkanes of at least 4 members (excludes halogenated alkanes) is 1. The highest BCUT2D eigenvalue weighted by Gasteiger charge is 2.28. The maximum Gasteiger partial charge on any atom is 0.306 e. The molecule has 2 aromatic rings. The fourth-order valence-electron chi connectivity index (χ4n) is 4.12. The fourth-order valence-corrected chi connectivity index (χ4v) is 4.12. The number of hydrogen-bond donors (Lipinski definition) is 1. The lowest BCUT2D eigenvalue weighted by molar-refractivity contribution is -0.144. The highest BCUT2D eigenvalue weighted by molar-refractivity contribution is 5.70. The van der Waals surface area contributed by atoms with Crippen molar-refractivity contribution < 1.29 is 24.2 Å². The van der Waals surface area contributed by atoms with Gasteiger partial charge in [-0.15, -0.1) is 5.10 Å². The molecule has 0 saturated heterocycles. The predicted molar refractivity (Wildman–Crippen MR) is 122 cm³/mol. The van der Waals surface area contributed by atoms with Crippen molar-refractivity contribution in [3.05, 3.63) is 23.5 Å². The van der Waals surface area contributed by atoms with Crippen molar-refractivity contribution in [2.45, 2.75) is 77.7 Å². The third-order valence-electron chi connectivity index (χ3n) is 6.05. The van der Waals surface area contributed by atoms with E-state index < -0.39 is 5.97 Å². The van der Waals surface area contributed by atoms with Crippen LogP contribution in [-0.4, -0.2) is 49.7 Å². The summed E-state index contributed by atoms with van der Waals surface area (Å²) in [6.45, 7) is 4.41. The third-order valence-corrected chi connectivity index (χ3v) is 6.05. The second-order valence-electron chi connectivity index (χ2n) is 8.66. The molecular formula is C24H34N4O5. The lowest BCUT2D eigenvalue weighted by atomic mass is 9.87. The van der Waals surface area contributed by atoms with Crippen LogP contribution in [0, 0.1) is 12.8 Å². The number of esters is 1. The SMILES string of the molecule is CCCCOC(=O)CCCc1c(-c2ccc(O[C@H]3CCC[C@H](C(=O)O)C3)c(C)n2)nnn1C. The molecule has 0 aromatic carbocycles. The van der Waals surface area contributed by atoms with Gasteiger partial charge in [-0.05, 0) is 64.0 Å². The Balaban J connectivity index is 1.63. The Labute approximate surface area is 194 Å². The van der Waals surface area contributed by atoms with Gasteiger partial charge in [-0.25, -0.2) is 4.98 Å². The topological polar surface area (TPSA) is 116 Å². The first kappa shape index (κ1) is 24.7. The number of aryl methyl sites for hydroxylation is 2. The molecule has 9 heteroatoms. The van der Waals surface area contributed by atoms with Gasteiger partial charge < -0.3 is 14.6 Å². The molecule has 2 aromatic heterocycles. The summed E-state index contributed by atoms with van der Waals surface area (Å²) in [5, 5.41) is 17.7. The van der Waals surface area contributed by atoms with Crippen LogP contribution in [0.25, 0.3) is 11.4 Å². The largest absolute Gasteiger partial charge is 0.489 e. The number of aliphatic carboxylic acids is 1. The maximum absolute atomic E-state index is 11.9. The number of hydrogen-bond acceptors (Lipinski definition) is 7. The molecule has 0 aliphatic heterocycles. The van der Waals surface area contributed by atoms with Crippen LogP contribution < -0.4 is 4.74 Å². The summed E-state index contributed by atoms with van der Waals surface area (Å²) in [4.78, 5) is 27.9. The summed E-state index contributed by atoms with van der Waals surface area (Å²) in [7, 11) is 1.83. The van der Waals surface area contributed by atoms with E-state index in [1.54, 1.807) is 4.68 Å². The summed E-state index contributed by atoms with van der Waals surface area (Å²) in [6.07, 6.45) is 6.32. The van der Waals surface area contributed by atoms with Gasteiger partial charge in [0.05, 0.1) is 35.7 Å². The minimum atomic E-state index is -0.752. The smallest absolute Gasteiger partial charge is 0.306 e. The molecule has 9 nitrogen and oxygen atoms in total. The number of carbonyl (C=O) groups excluding carboxylic acids is 1. The van der Waals surface area contributed by atoms with E-state index in [-0.39, 0.29) is 18.0 Å². The Morgan fingerprint density at radius 2 is 2.06 bits per heavy atom. The third kappa shape index (κ3) is 6.76. The molecule has 1 fully saturated rings. The molecule has 2 atom stereocenters. The quantitative estimate of drug-likeness (QED) is 0.398. The van der Waals surface area contributed by atoms with Crippen molar-refractivity contribution in [2.75, 3.05) is 6.61 Å². The van der Waals surface area contributed by atoms with Crippen molar-refractivity contribution >= 4 is 11.9 Å². The predicted octanol–water partition coefficient (Wildman–Crippen LogP) is 3.87. The van der Waals surface area contributed by atoms with E-state index in [4.69, 9.17) is 9.47 Å². The first-order valence-corrected chi connectivity index (χ1v) is 11.8. The molecule has 1 N–H and O–H groups in total. The molecule has 0 bridgehead atoms. The van der Waals surface area contributed by atoms with E-state index in [2.05, 4.69) is 22.2 Å². The van der Waals surface area contributed by atoms with E-state index in [1.807, 2.05) is 26.1 Å². The van der Waals surface area contributed by atoms with Crippen molar-refractivity contribution in [1.29, 1.82) is 0 Å². The van der Waals surface area contributed by atoms with Crippen molar-refractivity contribution in [1.82, 2.24) is 20.0 Å². The number of aromatic nitrogens is 4. The van der Waals surface area contributed by atoms with Gasteiger partial charge in [-0.2, -0.15) is 0 Å². The average Bonchev–Trinajstić information content (AvgIpc) is 3.16. The number of carboxylic acid groups (broad SMARTS) is 1. The summed E-state index contributed by atoms with van der Waals surface area (Å²) in [5.74, 6) is -0.612. The van der Waals surface area contributed by atoms with Gasteiger partial charge in [0, 0.05) is 13.5 Å². The van der Waals surface area contributed by atoms with Gasteiger partial charge in [-0.1, -0.05) is 18.6 Å². The minimum absolute atomic E-state index is 0.115. The van der Waals surface area contributed by atoms with Crippen molar-refractivity contribution in [3.63, 3.8) is 0 Å². The zero-order valence-electron chi connectivity index (χ0n) is 19.7. The first-order chi connectivity index (χ1) is 15.9. The van der Waals surface area contributed by atoms with Crippen LogP contribution in [0.4, 0.5) is 0 Å². The molecule has 0 spiro atoms. The summed E-state index contributed by atoms with van der Waals surface area (Å²) in [6, 6.07) is 3.72. The van der Waals surface area contributed by atoms with Gasteiger partial charge in [0.15, 0.2) is 0 Å². The van der Waals surface area contributed by atoms with Gasteiger partial charge in [0.2, 0.25) is 0 Å². The van der Waals surface area contributed by atoms with Crippen LogP contribution >= 0.6 is 0 Å². The minimum Gasteiger partial charge on any atom is -0.489 e. The zero-order chi connectivity index (χ0) is 23.8. The Morgan fingerprint density at radius 1 is 1.24 bits per heavy atom. The van der Waals surface area contributed by atoms with E-state index >= 15 is 0 Å². The molecule has 33 heavy (non-hydrogen) atoms. The first-order valence-electron chi connectivity index (χ1n) is 11.8. The molecule has 0 unspecified atom stereocenters. The van der Waals surface area contributed by atoms with E-state index in [0.29, 0.717) is 55.8 Å². The van der Waals surface area contributed by atoms with Crippen LogP contribution in [0.15, 0.2) is 12.1 Å². The monoisotopic (exact) mass is 458 g/mol. The van der Waals surface area contributed by atoms with Crippen LogP contribution in [0.1, 0.15) is 69.7 Å². The zero-order valence-corrected chi connectivity index (χ0v) is 19.7. The molecule has 1 aliphatic rings.